The monoisotopic (exact) mass is 298 g/mol. The molecule has 1 saturated heterocycles. The zero-order chi connectivity index (χ0) is 15.3. The van der Waals surface area contributed by atoms with Crippen molar-refractivity contribution >= 4 is 6.09 Å². The number of hydrogen-bond acceptors (Lipinski definition) is 4. The lowest BCUT2D eigenvalue weighted by atomic mass is 10.0. The van der Waals surface area contributed by atoms with Crippen molar-refractivity contribution in [1.29, 1.82) is 0 Å². The van der Waals surface area contributed by atoms with Gasteiger partial charge < -0.3 is 20.1 Å². The molecule has 1 aliphatic carbocycles. The molecule has 1 amide bonds. The highest BCUT2D eigenvalue weighted by Crippen LogP contribution is 2.25. The number of hydrogen-bond donors (Lipinski definition) is 2. The molecule has 0 bridgehead atoms. The normalized spacial score (nSPS) is 29.6. The summed E-state index contributed by atoms with van der Waals surface area (Å²) in [6.45, 7) is 8.18. The quantitative estimate of drug-likeness (QED) is 0.818. The first kappa shape index (κ1) is 16.6. The summed E-state index contributed by atoms with van der Waals surface area (Å²) in [5.74, 6) is 0.499. The van der Waals surface area contributed by atoms with Crippen molar-refractivity contribution in [2.24, 2.45) is 5.92 Å². The summed E-state index contributed by atoms with van der Waals surface area (Å²) in [7, 11) is 0. The minimum absolute atomic E-state index is 0.313. The van der Waals surface area contributed by atoms with Crippen LogP contribution in [0.5, 0.6) is 0 Å². The van der Waals surface area contributed by atoms with Crippen molar-refractivity contribution in [2.75, 3.05) is 19.7 Å². The van der Waals surface area contributed by atoms with Crippen LogP contribution in [0.1, 0.15) is 52.9 Å². The predicted octanol–water partition coefficient (Wildman–Crippen LogP) is 2.45. The van der Waals surface area contributed by atoms with Crippen molar-refractivity contribution in [3.05, 3.63) is 0 Å². The van der Waals surface area contributed by atoms with Crippen LogP contribution < -0.4 is 10.6 Å². The van der Waals surface area contributed by atoms with Gasteiger partial charge in [-0.05, 0) is 52.4 Å². The van der Waals surface area contributed by atoms with Crippen LogP contribution >= 0.6 is 0 Å². The molecule has 3 atom stereocenters. The zero-order valence-electron chi connectivity index (χ0n) is 13.6. The molecule has 1 aliphatic heterocycles. The Kier molecular flexibility index (Phi) is 5.88. The molecular formula is C16H30N2O3. The first-order chi connectivity index (χ1) is 9.94. The molecule has 5 heteroatoms. The van der Waals surface area contributed by atoms with Gasteiger partial charge in [0, 0.05) is 25.7 Å². The Balaban J connectivity index is 1.67. The lowest BCUT2D eigenvalue weighted by molar-refractivity contribution is 0.0516. The van der Waals surface area contributed by atoms with Crippen molar-refractivity contribution < 1.29 is 14.3 Å². The van der Waals surface area contributed by atoms with E-state index in [0.717, 1.165) is 13.2 Å². The molecule has 2 fully saturated rings. The number of alkyl carbamates (subject to hydrolysis) is 1. The number of carbonyl (C=O) groups excluding carboxylic acids is 1. The summed E-state index contributed by atoms with van der Waals surface area (Å²) in [6, 6.07) is 0.490. The van der Waals surface area contributed by atoms with Gasteiger partial charge in [0.25, 0.3) is 0 Å². The Morgan fingerprint density at radius 1 is 1.19 bits per heavy atom. The van der Waals surface area contributed by atoms with Gasteiger partial charge in [0.15, 0.2) is 0 Å². The lowest BCUT2D eigenvalue weighted by Gasteiger charge is -2.24. The fourth-order valence-corrected chi connectivity index (χ4v) is 3.17. The van der Waals surface area contributed by atoms with E-state index in [4.69, 9.17) is 9.47 Å². The second-order valence-electron chi connectivity index (χ2n) is 7.22. The first-order valence-corrected chi connectivity index (χ1v) is 8.26. The van der Waals surface area contributed by atoms with Crippen LogP contribution in [0.4, 0.5) is 4.79 Å². The highest BCUT2D eigenvalue weighted by molar-refractivity contribution is 5.67. The zero-order valence-corrected chi connectivity index (χ0v) is 13.6. The number of rotatable bonds is 5. The molecule has 122 valence electrons. The maximum absolute atomic E-state index is 11.7. The van der Waals surface area contributed by atoms with E-state index in [-0.39, 0.29) is 6.09 Å². The molecular weight excluding hydrogens is 268 g/mol. The van der Waals surface area contributed by atoms with Gasteiger partial charge >= 0.3 is 6.09 Å². The third-order valence-electron chi connectivity index (χ3n) is 4.20. The van der Waals surface area contributed by atoms with E-state index in [1.54, 1.807) is 0 Å². The molecule has 0 aromatic rings. The molecule has 0 aromatic carbocycles. The number of amides is 1. The van der Waals surface area contributed by atoms with Crippen molar-refractivity contribution in [2.45, 2.75) is 70.6 Å². The summed E-state index contributed by atoms with van der Waals surface area (Å²) in [5.41, 5.74) is -0.433. The molecule has 3 unspecified atom stereocenters. The third kappa shape index (κ3) is 5.83. The van der Waals surface area contributed by atoms with Gasteiger partial charge in [0.05, 0.1) is 6.10 Å². The molecule has 21 heavy (non-hydrogen) atoms. The predicted molar refractivity (Wildman–Crippen MR) is 82.3 cm³/mol. The van der Waals surface area contributed by atoms with E-state index in [1.165, 1.54) is 32.1 Å². The molecule has 0 radical (unpaired) electrons. The van der Waals surface area contributed by atoms with Crippen LogP contribution in [0.15, 0.2) is 0 Å². The van der Waals surface area contributed by atoms with Crippen LogP contribution in [0.25, 0.3) is 0 Å². The van der Waals surface area contributed by atoms with Crippen molar-refractivity contribution in [1.82, 2.24) is 10.6 Å². The summed E-state index contributed by atoms with van der Waals surface area (Å²) < 4.78 is 10.9. The topological polar surface area (TPSA) is 59.6 Å². The van der Waals surface area contributed by atoms with E-state index >= 15 is 0 Å². The van der Waals surface area contributed by atoms with E-state index < -0.39 is 5.60 Å². The Hall–Kier alpha value is -0.810. The Morgan fingerprint density at radius 3 is 2.67 bits per heavy atom. The minimum Gasteiger partial charge on any atom is -0.444 e. The fourth-order valence-electron chi connectivity index (χ4n) is 3.17. The van der Waals surface area contributed by atoms with Gasteiger partial charge in [-0.15, -0.1) is 0 Å². The van der Waals surface area contributed by atoms with E-state index in [9.17, 15) is 4.79 Å². The molecule has 5 nitrogen and oxygen atoms in total. The molecule has 0 spiro atoms. The maximum Gasteiger partial charge on any atom is 0.407 e. The van der Waals surface area contributed by atoms with E-state index in [0.29, 0.717) is 24.6 Å². The van der Waals surface area contributed by atoms with Gasteiger partial charge in [-0.2, -0.15) is 0 Å². The summed E-state index contributed by atoms with van der Waals surface area (Å²) in [6.07, 6.45) is 5.99. The van der Waals surface area contributed by atoms with Crippen LogP contribution in [0, 0.1) is 5.92 Å². The summed E-state index contributed by atoms with van der Waals surface area (Å²) in [4.78, 5) is 11.7. The van der Waals surface area contributed by atoms with Gasteiger partial charge in [-0.1, -0.05) is 6.42 Å². The molecule has 1 saturated carbocycles. The van der Waals surface area contributed by atoms with E-state index in [1.807, 2.05) is 20.8 Å². The average molecular weight is 298 g/mol. The third-order valence-corrected chi connectivity index (χ3v) is 4.20. The van der Waals surface area contributed by atoms with Gasteiger partial charge in [-0.25, -0.2) is 4.79 Å². The Bertz CT molecular complexity index is 335. The molecule has 2 N–H and O–H groups in total. The number of ether oxygens (including phenoxy) is 2. The second kappa shape index (κ2) is 7.45. The van der Waals surface area contributed by atoms with Gasteiger partial charge in [0.1, 0.15) is 5.60 Å². The van der Waals surface area contributed by atoms with Crippen LogP contribution in [0.2, 0.25) is 0 Å². The lowest BCUT2D eigenvalue weighted by Crippen LogP contribution is -2.43. The summed E-state index contributed by atoms with van der Waals surface area (Å²) in [5, 5.41) is 6.54. The SMILES string of the molecule is CC(C)(C)OC(=O)NCC1CCCC1NCC1CCCO1. The Labute approximate surface area is 128 Å². The largest absolute Gasteiger partial charge is 0.444 e. The van der Waals surface area contributed by atoms with Crippen LogP contribution in [-0.2, 0) is 9.47 Å². The van der Waals surface area contributed by atoms with Crippen molar-refractivity contribution in [3.63, 3.8) is 0 Å². The molecule has 1 heterocycles. The number of nitrogens with one attached hydrogen (secondary N) is 2. The van der Waals surface area contributed by atoms with Crippen LogP contribution in [0.3, 0.4) is 0 Å². The first-order valence-electron chi connectivity index (χ1n) is 8.26. The smallest absolute Gasteiger partial charge is 0.407 e. The Morgan fingerprint density at radius 2 is 2.00 bits per heavy atom. The van der Waals surface area contributed by atoms with Gasteiger partial charge in [-0.3, -0.25) is 0 Å². The minimum atomic E-state index is -0.433. The van der Waals surface area contributed by atoms with Gasteiger partial charge in [0.2, 0.25) is 0 Å². The maximum atomic E-state index is 11.7. The molecule has 2 aliphatic rings. The fraction of sp³-hybridized carbons (Fsp3) is 0.938. The second-order valence-corrected chi connectivity index (χ2v) is 7.22. The molecule has 2 rings (SSSR count). The standard InChI is InChI=1S/C16H30N2O3/c1-16(2,3)21-15(19)18-10-12-6-4-8-14(12)17-11-13-7-5-9-20-13/h12-14,17H,4-11H2,1-3H3,(H,18,19). The highest BCUT2D eigenvalue weighted by atomic mass is 16.6. The van der Waals surface area contributed by atoms with Crippen molar-refractivity contribution in [3.8, 4) is 0 Å². The number of carbonyl (C=O) groups is 1. The van der Waals surface area contributed by atoms with Crippen LogP contribution in [-0.4, -0.2) is 43.5 Å². The molecule has 0 aromatic heterocycles. The highest BCUT2D eigenvalue weighted by Gasteiger charge is 2.29. The van der Waals surface area contributed by atoms with E-state index in [2.05, 4.69) is 10.6 Å². The average Bonchev–Trinajstić information content (AvgIpc) is 3.03. The summed E-state index contributed by atoms with van der Waals surface area (Å²) >= 11 is 0.